The number of ether oxygens (including phenoxy) is 2. The van der Waals surface area contributed by atoms with Crippen molar-refractivity contribution in [1.29, 1.82) is 0 Å². The van der Waals surface area contributed by atoms with Gasteiger partial charge in [0.25, 0.3) is 11.5 Å². The van der Waals surface area contributed by atoms with Crippen LogP contribution in [-0.2, 0) is 32.0 Å². The summed E-state index contributed by atoms with van der Waals surface area (Å²) >= 11 is 12.5. The minimum atomic E-state index is -0.630. The molecule has 5 aromatic rings. The van der Waals surface area contributed by atoms with Crippen LogP contribution in [0.15, 0.2) is 57.3 Å². The minimum Gasteiger partial charge on any atom is -0.493 e. The van der Waals surface area contributed by atoms with E-state index in [1.807, 2.05) is 0 Å². The molecule has 0 aliphatic heterocycles. The number of methoxy groups -OCH3 is 1. The molecule has 1 N–H and O–H groups in total. The Kier molecular flexibility index (Phi) is 8.93. The van der Waals surface area contributed by atoms with Gasteiger partial charge < -0.3 is 19.6 Å². The Morgan fingerprint density at radius 2 is 1.87 bits per heavy atom. The van der Waals surface area contributed by atoms with E-state index in [2.05, 4.69) is 20.5 Å². The van der Waals surface area contributed by atoms with Gasteiger partial charge in [-0.25, -0.2) is 19.8 Å². The van der Waals surface area contributed by atoms with E-state index in [4.69, 9.17) is 32.7 Å². The predicted octanol–water partition coefficient (Wildman–Crippen LogP) is 3.15. The lowest BCUT2D eigenvalue weighted by atomic mass is 10.2. The van der Waals surface area contributed by atoms with Gasteiger partial charge in [0.1, 0.15) is 6.20 Å². The monoisotopic (exact) mass is 669 g/mol. The Hall–Kier alpha value is -5.48. The summed E-state index contributed by atoms with van der Waals surface area (Å²) in [6, 6.07) is 9.68. The summed E-state index contributed by atoms with van der Waals surface area (Å²) < 4.78 is 16.5. The van der Waals surface area contributed by atoms with Gasteiger partial charge in [-0.05, 0) is 46.4 Å². The maximum atomic E-state index is 13.3. The fraction of sp³-hybridized carbons (Fsp3) is 0.214. The molecule has 1 amide bonds. The molecule has 0 fully saturated rings. The number of rotatable bonds is 10. The molecule has 0 aliphatic carbocycles. The van der Waals surface area contributed by atoms with Crippen molar-refractivity contribution < 1.29 is 19.2 Å². The predicted molar refractivity (Wildman–Crippen MR) is 168 cm³/mol. The van der Waals surface area contributed by atoms with E-state index >= 15 is 0 Å². The molecule has 0 radical (unpaired) electrons. The van der Waals surface area contributed by atoms with Gasteiger partial charge in [-0.3, -0.25) is 23.3 Å². The number of nitrogens with zero attached hydrogens (tertiary/aromatic N) is 8. The van der Waals surface area contributed by atoms with Crippen molar-refractivity contribution in [3.63, 3.8) is 0 Å². The largest absolute Gasteiger partial charge is 0.493 e. The number of aromatic nitrogens is 6. The van der Waals surface area contributed by atoms with Crippen LogP contribution >= 0.6 is 23.2 Å². The number of carbonyl (C=O) groups excluding carboxylic acids is 1. The Morgan fingerprint density at radius 1 is 1.11 bits per heavy atom. The number of hydrazone groups is 1. The van der Waals surface area contributed by atoms with Gasteiger partial charge in [0.05, 0.1) is 19.9 Å². The number of benzene rings is 2. The standard InChI is InChI=1S/C28H25Cl2N9O7/c1-15-31-12-23(39(43)44)37(15)14-22(40)34-32-11-16-5-8-20(21(9-16)45-4)46-27-33-25-24(26(41)36(3)28(42)35(25)2)38(27)13-17-6-7-18(29)10-19(17)30/h5-12H,13-14H2,1-4H3,(H,34,40)/b32-11-. The third kappa shape index (κ3) is 6.20. The highest BCUT2D eigenvalue weighted by molar-refractivity contribution is 6.35. The Balaban J connectivity index is 1.43. The van der Waals surface area contributed by atoms with Crippen LogP contribution in [0, 0.1) is 17.0 Å². The number of nitrogens with one attached hydrogen (secondary N) is 1. The van der Waals surface area contributed by atoms with Gasteiger partial charge in [0.2, 0.25) is 0 Å². The fourth-order valence-electron chi connectivity index (χ4n) is 4.57. The topological polar surface area (TPSA) is 183 Å². The molecule has 0 saturated carbocycles. The zero-order valence-electron chi connectivity index (χ0n) is 24.7. The number of imidazole rings is 2. The molecule has 2 aromatic carbocycles. The maximum absolute atomic E-state index is 13.3. The number of halogens is 2. The van der Waals surface area contributed by atoms with E-state index in [1.165, 1.54) is 36.6 Å². The Labute approximate surface area is 269 Å². The van der Waals surface area contributed by atoms with Crippen LogP contribution in [0.4, 0.5) is 5.82 Å². The van der Waals surface area contributed by atoms with E-state index in [1.54, 1.807) is 43.3 Å². The summed E-state index contributed by atoms with van der Waals surface area (Å²) in [7, 11) is 4.28. The number of hydrogen-bond donors (Lipinski definition) is 1. The first-order valence-corrected chi connectivity index (χ1v) is 14.1. The van der Waals surface area contributed by atoms with E-state index in [-0.39, 0.29) is 47.6 Å². The molecule has 0 unspecified atom stereocenters. The lowest BCUT2D eigenvalue weighted by molar-refractivity contribution is -0.392. The zero-order chi connectivity index (χ0) is 33.3. The first kappa shape index (κ1) is 31.9. The van der Waals surface area contributed by atoms with Crippen LogP contribution in [0.2, 0.25) is 10.0 Å². The first-order valence-electron chi connectivity index (χ1n) is 13.3. The van der Waals surface area contributed by atoms with E-state index in [0.717, 1.165) is 15.3 Å². The smallest absolute Gasteiger partial charge is 0.343 e. The Morgan fingerprint density at radius 3 is 2.57 bits per heavy atom. The minimum absolute atomic E-state index is 0.0183. The normalized spacial score (nSPS) is 11.3. The lowest BCUT2D eigenvalue weighted by Gasteiger charge is -2.13. The van der Waals surface area contributed by atoms with Gasteiger partial charge >= 0.3 is 17.5 Å². The summed E-state index contributed by atoms with van der Waals surface area (Å²) in [6.45, 7) is 1.25. The highest BCUT2D eigenvalue weighted by Crippen LogP contribution is 2.34. The molecule has 0 spiro atoms. The van der Waals surface area contributed by atoms with Crippen LogP contribution in [0.1, 0.15) is 17.0 Å². The van der Waals surface area contributed by atoms with Crippen molar-refractivity contribution in [2.24, 2.45) is 19.2 Å². The van der Waals surface area contributed by atoms with Crippen molar-refractivity contribution in [3.8, 4) is 17.5 Å². The third-order valence-electron chi connectivity index (χ3n) is 6.97. The quantitative estimate of drug-likeness (QED) is 0.133. The van der Waals surface area contributed by atoms with Crippen molar-refractivity contribution in [3.05, 3.63) is 101 Å². The van der Waals surface area contributed by atoms with E-state index in [9.17, 15) is 24.5 Å². The number of nitro groups is 1. The second-order valence-corrected chi connectivity index (χ2v) is 10.8. The van der Waals surface area contributed by atoms with Crippen LogP contribution in [0.25, 0.3) is 11.2 Å². The third-order valence-corrected chi connectivity index (χ3v) is 7.56. The second-order valence-electron chi connectivity index (χ2n) is 9.91. The lowest BCUT2D eigenvalue weighted by Crippen LogP contribution is -2.37. The number of aryl methyl sites for hydroxylation is 2. The van der Waals surface area contributed by atoms with Gasteiger partial charge in [0, 0.05) is 31.1 Å². The van der Waals surface area contributed by atoms with Gasteiger partial charge in [0.15, 0.2) is 35.0 Å². The number of amides is 1. The average molecular weight is 670 g/mol. The SMILES string of the molecule is COc1cc(/C=N\NC(=O)Cn2c([N+](=O)[O-])cnc2C)ccc1Oc1nc2c(c(=O)n(C)c(=O)n2C)n1Cc1ccc(Cl)cc1Cl. The summed E-state index contributed by atoms with van der Waals surface area (Å²) in [5, 5.41) is 15.9. The highest BCUT2D eigenvalue weighted by Gasteiger charge is 2.23. The molecule has 18 heteroatoms. The van der Waals surface area contributed by atoms with Gasteiger partial charge in [-0.2, -0.15) is 10.1 Å². The Bertz CT molecular complexity index is 2170. The highest BCUT2D eigenvalue weighted by atomic mass is 35.5. The van der Waals surface area contributed by atoms with E-state index in [0.29, 0.717) is 27.0 Å². The number of carbonyl (C=O) groups is 1. The van der Waals surface area contributed by atoms with Gasteiger partial charge in [-0.15, -0.1) is 0 Å². The average Bonchev–Trinajstić information content (AvgIpc) is 3.56. The number of fused-ring (bicyclic) bond motifs is 1. The van der Waals surface area contributed by atoms with Crippen molar-refractivity contribution >= 4 is 52.3 Å². The molecule has 0 aliphatic rings. The molecular formula is C28H25Cl2N9O7. The van der Waals surface area contributed by atoms with E-state index < -0.39 is 22.1 Å². The molecule has 5 rings (SSSR count). The molecule has 16 nitrogen and oxygen atoms in total. The fourth-order valence-corrected chi connectivity index (χ4v) is 5.04. The van der Waals surface area contributed by atoms with Crippen LogP contribution in [-0.4, -0.2) is 52.4 Å². The molecular weight excluding hydrogens is 645 g/mol. The maximum Gasteiger partial charge on any atom is 0.343 e. The van der Waals surface area contributed by atoms with Crippen molar-refractivity contribution in [2.45, 2.75) is 20.0 Å². The molecule has 0 bridgehead atoms. The first-order chi connectivity index (χ1) is 21.9. The van der Waals surface area contributed by atoms with Crippen LogP contribution in [0.5, 0.6) is 17.5 Å². The molecule has 46 heavy (non-hydrogen) atoms. The molecule has 0 saturated heterocycles. The summed E-state index contributed by atoms with van der Waals surface area (Å²) in [4.78, 5) is 57.1. The summed E-state index contributed by atoms with van der Waals surface area (Å²) in [5.41, 5.74) is 2.51. The van der Waals surface area contributed by atoms with Crippen molar-refractivity contribution in [2.75, 3.05) is 7.11 Å². The van der Waals surface area contributed by atoms with Crippen molar-refractivity contribution in [1.82, 2.24) is 33.7 Å². The van der Waals surface area contributed by atoms with Gasteiger partial charge in [-0.1, -0.05) is 29.3 Å². The zero-order valence-corrected chi connectivity index (χ0v) is 26.2. The van der Waals surface area contributed by atoms with Crippen LogP contribution in [0.3, 0.4) is 0 Å². The molecule has 3 aromatic heterocycles. The van der Waals surface area contributed by atoms with Crippen LogP contribution < -0.4 is 26.1 Å². The second kappa shape index (κ2) is 12.9. The summed E-state index contributed by atoms with van der Waals surface area (Å²) in [5.74, 6) is -0.146. The molecule has 238 valence electrons. The molecule has 0 atom stereocenters. The molecule has 3 heterocycles. The number of hydrogen-bond acceptors (Lipinski definition) is 10. The summed E-state index contributed by atoms with van der Waals surface area (Å²) in [6.07, 6.45) is 2.42.